The fourth-order valence-electron chi connectivity index (χ4n) is 4.34. The van der Waals surface area contributed by atoms with Crippen LogP contribution in [0, 0.1) is 0 Å². The second-order valence-electron chi connectivity index (χ2n) is 8.73. The van der Waals surface area contributed by atoms with Gasteiger partial charge in [0.25, 0.3) is 20.2 Å². The lowest BCUT2D eigenvalue weighted by molar-refractivity contribution is 0.103. The van der Waals surface area contributed by atoms with Crippen LogP contribution in [0.2, 0.25) is 0 Å². The molecular weight excluding hydrogens is 564 g/mol. The molecule has 0 atom stereocenters. The number of rotatable bonds is 6. The van der Waals surface area contributed by atoms with Crippen LogP contribution in [0.15, 0.2) is 69.7 Å². The average molecular weight is 585 g/mol. The van der Waals surface area contributed by atoms with Gasteiger partial charge in [0.1, 0.15) is 11.5 Å². The predicted molar refractivity (Wildman–Crippen MR) is 144 cm³/mol. The van der Waals surface area contributed by atoms with E-state index in [1.165, 1.54) is 50.6 Å². The Morgan fingerprint density at radius 3 is 1.35 bits per heavy atom. The van der Waals surface area contributed by atoms with Gasteiger partial charge in [0.15, 0.2) is 0 Å². The zero-order chi connectivity index (χ0) is 29.0. The Morgan fingerprint density at radius 2 is 1.02 bits per heavy atom. The molecule has 5 rings (SSSR count). The van der Waals surface area contributed by atoms with Crippen LogP contribution in [0.3, 0.4) is 0 Å². The second-order valence-corrected chi connectivity index (χ2v) is 11.6. The first-order valence-corrected chi connectivity index (χ1v) is 14.2. The van der Waals surface area contributed by atoms with Crippen molar-refractivity contribution in [3.63, 3.8) is 0 Å². The van der Waals surface area contributed by atoms with E-state index in [9.17, 15) is 35.5 Å². The second kappa shape index (κ2) is 9.60. The lowest BCUT2D eigenvalue weighted by Gasteiger charge is -2.12. The van der Waals surface area contributed by atoms with Crippen molar-refractivity contribution in [3.05, 3.63) is 82.2 Å². The fourth-order valence-corrected chi connectivity index (χ4v) is 5.35. The standard InChI is InChI=1S/C26H20N2O10S2/c1-37-23-9-14(8-22-26(30)18-12-16(40(34,35)36)4-6-20(18)28-22)24(38-2)10-13(23)7-21-25(29)17-11-15(39(31,32)33)3-5-19(17)27-21/h3-12,27-28H,1-2H3,(H,31,32,33)(H,34,35,36). The number of carbonyl (C=O) groups is 2. The summed E-state index contributed by atoms with van der Waals surface area (Å²) in [5.74, 6) is -0.395. The normalized spacial score (nSPS) is 16.5. The van der Waals surface area contributed by atoms with Crippen LogP contribution in [0.1, 0.15) is 31.8 Å². The summed E-state index contributed by atoms with van der Waals surface area (Å²) < 4.78 is 75.5. The van der Waals surface area contributed by atoms with Crippen molar-refractivity contribution in [2.45, 2.75) is 9.79 Å². The van der Waals surface area contributed by atoms with Crippen molar-refractivity contribution in [1.82, 2.24) is 0 Å². The Labute approximate surface area is 228 Å². The van der Waals surface area contributed by atoms with Gasteiger partial charge < -0.3 is 20.1 Å². The third kappa shape index (κ3) is 4.84. The Hall–Kier alpha value is -4.50. The van der Waals surface area contributed by atoms with Crippen molar-refractivity contribution < 1.29 is 45.0 Å². The lowest BCUT2D eigenvalue weighted by Crippen LogP contribution is -2.03. The molecule has 0 bridgehead atoms. The number of carbonyl (C=O) groups excluding carboxylic acids is 2. The van der Waals surface area contributed by atoms with Crippen LogP contribution in [0.25, 0.3) is 12.2 Å². The summed E-state index contributed by atoms with van der Waals surface area (Å²) in [5, 5.41) is 5.83. The Kier molecular flexibility index (Phi) is 6.50. The van der Waals surface area contributed by atoms with Crippen LogP contribution in [0.5, 0.6) is 11.5 Å². The Balaban J connectivity index is 1.50. The molecule has 0 saturated heterocycles. The number of Topliss-reactive ketones (excluding diaryl/α,β-unsaturated/α-hetero) is 2. The van der Waals surface area contributed by atoms with E-state index in [0.29, 0.717) is 34.0 Å². The number of ether oxygens (including phenoxy) is 2. The molecule has 2 aliphatic rings. The van der Waals surface area contributed by atoms with Crippen molar-refractivity contribution in [3.8, 4) is 11.5 Å². The first kappa shape index (κ1) is 27.1. The van der Waals surface area contributed by atoms with Crippen LogP contribution in [-0.2, 0) is 20.2 Å². The quantitative estimate of drug-likeness (QED) is 0.244. The molecule has 4 N–H and O–H groups in total. The van der Waals surface area contributed by atoms with E-state index in [-0.39, 0.29) is 22.5 Å². The molecule has 0 spiro atoms. The van der Waals surface area contributed by atoms with Crippen LogP contribution < -0.4 is 20.1 Å². The van der Waals surface area contributed by atoms with Gasteiger partial charge in [0.05, 0.1) is 35.4 Å². The SMILES string of the molecule is COc1cc(C=C2Nc3ccc(S(=O)(=O)O)cc3C2=O)c(OC)cc1C=C1Nc2ccc(S(=O)(=O)O)cc2C1=O. The topological polar surface area (TPSA) is 185 Å². The molecule has 0 aromatic heterocycles. The van der Waals surface area contributed by atoms with Crippen LogP contribution in [0.4, 0.5) is 11.4 Å². The molecule has 0 aliphatic carbocycles. The number of nitrogens with one attached hydrogen (secondary N) is 2. The van der Waals surface area contributed by atoms with E-state index in [1.807, 2.05) is 0 Å². The maximum Gasteiger partial charge on any atom is 0.294 e. The summed E-state index contributed by atoms with van der Waals surface area (Å²) in [6, 6.07) is 10.4. The number of fused-ring (bicyclic) bond motifs is 2. The molecule has 0 radical (unpaired) electrons. The minimum absolute atomic E-state index is 0.0659. The van der Waals surface area contributed by atoms with Gasteiger partial charge >= 0.3 is 0 Å². The molecule has 14 heteroatoms. The van der Waals surface area contributed by atoms with Gasteiger partial charge in [-0.25, -0.2) is 0 Å². The molecule has 2 aliphatic heterocycles. The number of ketones is 2. The minimum atomic E-state index is -4.50. The van der Waals surface area contributed by atoms with Gasteiger partial charge in [-0.05, 0) is 60.7 Å². The lowest BCUT2D eigenvalue weighted by atomic mass is 10.0. The van der Waals surface area contributed by atoms with Gasteiger partial charge in [0.2, 0.25) is 11.6 Å². The van der Waals surface area contributed by atoms with E-state index in [4.69, 9.17) is 9.47 Å². The van der Waals surface area contributed by atoms with E-state index in [1.54, 1.807) is 12.1 Å². The van der Waals surface area contributed by atoms with Gasteiger partial charge in [-0.2, -0.15) is 16.8 Å². The summed E-state index contributed by atoms with van der Waals surface area (Å²) >= 11 is 0. The third-order valence-electron chi connectivity index (χ3n) is 6.28. The predicted octanol–water partition coefficient (Wildman–Crippen LogP) is 3.50. The maximum atomic E-state index is 13.0. The van der Waals surface area contributed by atoms with Crippen molar-refractivity contribution in [2.75, 3.05) is 24.9 Å². The average Bonchev–Trinajstić information content (AvgIpc) is 3.38. The highest BCUT2D eigenvalue weighted by Gasteiger charge is 2.29. The van der Waals surface area contributed by atoms with E-state index in [0.717, 1.165) is 12.1 Å². The molecular formula is C26H20N2O10S2. The molecule has 0 saturated carbocycles. The zero-order valence-electron chi connectivity index (χ0n) is 20.8. The van der Waals surface area contributed by atoms with E-state index < -0.39 is 41.6 Å². The number of hydrogen-bond acceptors (Lipinski definition) is 10. The first-order chi connectivity index (χ1) is 18.8. The van der Waals surface area contributed by atoms with E-state index >= 15 is 0 Å². The molecule has 0 unspecified atom stereocenters. The molecule has 0 fully saturated rings. The number of hydrogen-bond donors (Lipinski definition) is 4. The summed E-state index contributed by atoms with van der Waals surface area (Å²) in [7, 11) is -6.18. The summed E-state index contributed by atoms with van der Waals surface area (Å²) in [6.45, 7) is 0. The molecule has 0 amide bonds. The van der Waals surface area contributed by atoms with Gasteiger partial charge in [0, 0.05) is 33.6 Å². The fraction of sp³-hybridized carbons (Fsp3) is 0.0769. The van der Waals surface area contributed by atoms with Crippen LogP contribution >= 0.6 is 0 Å². The smallest absolute Gasteiger partial charge is 0.294 e. The van der Waals surface area contributed by atoms with Gasteiger partial charge in [-0.1, -0.05) is 0 Å². The Morgan fingerprint density at radius 1 is 0.650 bits per heavy atom. The summed E-state index contributed by atoms with van der Waals surface area (Å²) in [4.78, 5) is 25.1. The Bertz CT molecular complexity index is 1770. The largest absolute Gasteiger partial charge is 0.496 e. The molecule has 2 heterocycles. The molecule has 12 nitrogen and oxygen atoms in total. The molecule has 206 valence electrons. The van der Waals surface area contributed by atoms with Crippen LogP contribution in [-0.4, -0.2) is 51.7 Å². The zero-order valence-corrected chi connectivity index (χ0v) is 22.4. The number of benzene rings is 3. The van der Waals surface area contributed by atoms with Crippen molar-refractivity contribution in [1.29, 1.82) is 0 Å². The van der Waals surface area contributed by atoms with Crippen molar-refractivity contribution in [2.24, 2.45) is 0 Å². The highest BCUT2D eigenvalue weighted by atomic mass is 32.2. The highest BCUT2D eigenvalue weighted by molar-refractivity contribution is 7.86. The van der Waals surface area contributed by atoms with Gasteiger partial charge in [-0.15, -0.1) is 0 Å². The highest BCUT2D eigenvalue weighted by Crippen LogP contribution is 2.37. The summed E-state index contributed by atoms with van der Waals surface area (Å²) in [6.07, 6.45) is 2.97. The number of anilines is 2. The summed E-state index contributed by atoms with van der Waals surface area (Å²) in [5.41, 5.74) is 1.93. The molecule has 40 heavy (non-hydrogen) atoms. The number of methoxy groups -OCH3 is 2. The maximum absolute atomic E-state index is 13.0. The number of allylic oxidation sites excluding steroid dienone is 2. The van der Waals surface area contributed by atoms with E-state index in [2.05, 4.69) is 10.6 Å². The monoisotopic (exact) mass is 584 g/mol. The third-order valence-corrected chi connectivity index (χ3v) is 7.98. The van der Waals surface area contributed by atoms with Crippen molar-refractivity contribution >= 4 is 55.3 Å². The minimum Gasteiger partial charge on any atom is -0.496 e. The van der Waals surface area contributed by atoms with Gasteiger partial charge in [-0.3, -0.25) is 18.7 Å². The first-order valence-electron chi connectivity index (χ1n) is 11.4. The molecule has 3 aromatic carbocycles. The molecule has 3 aromatic rings.